The Balaban J connectivity index is 3.18. The van der Waals surface area contributed by atoms with Gasteiger partial charge in [-0.15, -0.1) is 5.10 Å². The van der Waals surface area contributed by atoms with E-state index in [0.717, 1.165) is 0 Å². The molecule has 0 bridgehead atoms. The van der Waals surface area contributed by atoms with Gasteiger partial charge in [-0.3, -0.25) is 4.79 Å². The lowest BCUT2D eigenvalue weighted by atomic mass is 10.1. The zero-order chi connectivity index (χ0) is 15.1. The maximum Gasteiger partial charge on any atom is 0.337 e. The molecule has 1 rings (SSSR count). The van der Waals surface area contributed by atoms with Gasteiger partial charge in [-0.2, -0.15) is 5.10 Å². The second kappa shape index (κ2) is 6.88. The lowest BCUT2D eigenvalue weighted by Gasteiger charge is -2.07. The van der Waals surface area contributed by atoms with Crippen LogP contribution >= 0.6 is 0 Å². The molecule has 0 aliphatic carbocycles. The van der Waals surface area contributed by atoms with E-state index in [9.17, 15) is 9.59 Å². The third kappa shape index (κ3) is 4.41. The number of guanidine groups is 1. The first kappa shape index (κ1) is 15.2. The minimum atomic E-state index is -0.504. The summed E-state index contributed by atoms with van der Waals surface area (Å²) in [6.45, 7) is 1.37. The second-order valence-corrected chi connectivity index (χ2v) is 3.74. The number of methoxy groups -OCH3 is 1. The fraction of sp³-hybridized carbons (Fsp3) is 0.167. The Hall–Kier alpha value is -2.90. The summed E-state index contributed by atoms with van der Waals surface area (Å²) < 4.78 is 4.62. The highest BCUT2D eigenvalue weighted by molar-refractivity contribution is 5.99. The van der Waals surface area contributed by atoms with Crippen LogP contribution in [0.15, 0.2) is 28.4 Å². The van der Waals surface area contributed by atoms with Crippen LogP contribution < -0.4 is 16.8 Å². The Morgan fingerprint density at radius 3 is 2.60 bits per heavy atom. The van der Waals surface area contributed by atoms with Crippen molar-refractivity contribution >= 4 is 29.7 Å². The molecule has 8 heteroatoms. The fourth-order valence-corrected chi connectivity index (χ4v) is 1.38. The maximum atomic E-state index is 11.5. The Labute approximate surface area is 115 Å². The van der Waals surface area contributed by atoms with Crippen LogP contribution in [0, 0.1) is 0 Å². The van der Waals surface area contributed by atoms with Gasteiger partial charge in [-0.1, -0.05) is 0 Å². The number of nitrogens with one attached hydrogen (secondary N) is 1. The molecule has 0 aliphatic rings. The maximum absolute atomic E-state index is 11.5. The molecule has 0 saturated carbocycles. The van der Waals surface area contributed by atoms with E-state index in [4.69, 9.17) is 11.5 Å². The molecule has 0 atom stereocenters. The number of ether oxygens (including phenoxy) is 1. The molecule has 1 aromatic carbocycles. The van der Waals surface area contributed by atoms with E-state index >= 15 is 0 Å². The van der Waals surface area contributed by atoms with Crippen LogP contribution in [0.5, 0.6) is 0 Å². The molecule has 0 spiro atoms. The number of carbonyl (C=O) groups is 2. The highest BCUT2D eigenvalue weighted by Gasteiger charge is 2.09. The van der Waals surface area contributed by atoms with Crippen LogP contribution in [0.4, 0.5) is 5.69 Å². The average molecular weight is 277 g/mol. The number of amides is 1. The topological polar surface area (TPSA) is 132 Å². The minimum Gasteiger partial charge on any atom is -0.465 e. The minimum absolute atomic E-state index is 0.202. The summed E-state index contributed by atoms with van der Waals surface area (Å²) in [6, 6.07) is 4.59. The summed E-state index contributed by atoms with van der Waals surface area (Å²) in [6.07, 6.45) is 1.32. The van der Waals surface area contributed by atoms with Gasteiger partial charge in [0.05, 0.1) is 18.9 Å². The SMILES string of the molecule is COC(=O)c1ccc(NC(C)=O)c(/C=N/N=C(N)N)c1. The van der Waals surface area contributed by atoms with E-state index in [1.54, 1.807) is 6.07 Å². The molecule has 0 unspecified atom stereocenters. The monoisotopic (exact) mass is 277 g/mol. The van der Waals surface area contributed by atoms with E-state index in [0.29, 0.717) is 16.8 Å². The summed E-state index contributed by atoms with van der Waals surface area (Å²) in [7, 11) is 1.28. The average Bonchev–Trinajstić information content (AvgIpc) is 2.38. The van der Waals surface area contributed by atoms with E-state index in [1.165, 1.54) is 32.4 Å². The van der Waals surface area contributed by atoms with Gasteiger partial charge in [-0.25, -0.2) is 4.79 Å². The highest BCUT2D eigenvalue weighted by Crippen LogP contribution is 2.16. The smallest absolute Gasteiger partial charge is 0.337 e. The second-order valence-electron chi connectivity index (χ2n) is 3.74. The number of hydrogen-bond acceptors (Lipinski definition) is 5. The van der Waals surface area contributed by atoms with Crippen molar-refractivity contribution in [2.45, 2.75) is 6.92 Å². The largest absolute Gasteiger partial charge is 0.465 e. The van der Waals surface area contributed by atoms with Crippen molar-refractivity contribution in [3.63, 3.8) is 0 Å². The highest BCUT2D eigenvalue weighted by atomic mass is 16.5. The first-order valence-electron chi connectivity index (χ1n) is 5.56. The first-order chi connectivity index (χ1) is 9.43. The van der Waals surface area contributed by atoms with Crippen molar-refractivity contribution < 1.29 is 14.3 Å². The van der Waals surface area contributed by atoms with Crippen molar-refractivity contribution in [3.8, 4) is 0 Å². The van der Waals surface area contributed by atoms with E-state index in [1.807, 2.05) is 0 Å². The number of nitrogens with zero attached hydrogens (tertiary/aromatic N) is 2. The number of rotatable bonds is 4. The van der Waals surface area contributed by atoms with Gasteiger partial charge in [-0.05, 0) is 18.2 Å². The van der Waals surface area contributed by atoms with Crippen LogP contribution in [-0.4, -0.2) is 31.2 Å². The van der Waals surface area contributed by atoms with Crippen LogP contribution in [0.25, 0.3) is 0 Å². The van der Waals surface area contributed by atoms with Gasteiger partial charge in [0.15, 0.2) is 0 Å². The van der Waals surface area contributed by atoms with Gasteiger partial charge in [0, 0.05) is 18.2 Å². The number of esters is 1. The van der Waals surface area contributed by atoms with Crippen LogP contribution in [0.1, 0.15) is 22.8 Å². The Bertz CT molecular complexity index is 576. The van der Waals surface area contributed by atoms with Crippen molar-refractivity contribution in [1.29, 1.82) is 0 Å². The Morgan fingerprint density at radius 2 is 2.05 bits per heavy atom. The van der Waals surface area contributed by atoms with Crippen LogP contribution in [-0.2, 0) is 9.53 Å². The number of anilines is 1. The molecular weight excluding hydrogens is 262 g/mol. The number of carbonyl (C=O) groups excluding carboxylic acids is 2. The zero-order valence-electron chi connectivity index (χ0n) is 11.1. The van der Waals surface area contributed by atoms with Gasteiger partial charge in [0.25, 0.3) is 0 Å². The predicted molar refractivity (Wildman–Crippen MR) is 75.5 cm³/mol. The van der Waals surface area contributed by atoms with Crippen LogP contribution in [0.3, 0.4) is 0 Å². The lowest BCUT2D eigenvalue weighted by molar-refractivity contribution is -0.114. The van der Waals surface area contributed by atoms with Gasteiger partial charge in [0.1, 0.15) is 0 Å². The third-order valence-corrected chi connectivity index (χ3v) is 2.15. The molecule has 20 heavy (non-hydrogen) atoms. The van der Waals surface area contributed by atoms with Crippen molar-refractivity contribution in [2.24, 2.45) is 21.7 Å². The molecule has 1 amide bonds. The molecule has 8 nitrogen and oxygen atoms in total. The Morgan fingerprint density at radius 1 is 1.35 bits per heavy atom. The molecule has 1 aromatic rings. The third-order valence-electron chi connectivity index (χ3n) is 2.15. The van der Waals surface area contributed by atoms with Crippen molar-refractivity contribution in [2.75, 3.05) is 12.4 Å². The molecule has 0 saturated heterocycles. The summed E-state index contributed by atoms with van der Waals surface area (Å²) in [5, 5.41) is 9.69. The van der Waals surface area contributed by atoms with E-state index in [2.05, 4.69) is 20.3 Å². The summed E-state index contributed by atoms with van der Waals surface area (Å²) >= 11 is 0. The Kier molecular flexibility index (Phi) is 5.21. The molecule has 0 fully saturated rings. The number of benzene rings is 1. The summed E-state index contributed by atoms with van der Waals surface area (Å²) in [5.41, 5.74) is 11.5. The molecule has 106 valence electrons. The quantitative estimate of drug-likeness (QED) is 0.309. The molecule has 5 N–H and O–H groups in total. The standard InChI is InChI=1S/C12H15N5O3/c1-7(18)16-10-4-3-8(11(19)20-2)5-9(10)6-15-17-12(13)14/h3-6H,1-2H3,(H,16,18)(H4,13,14,17)/b15-6+. The van der Waals surface area contributed by atoms with Gasteiger partial charge in [0.2, 0.25) is 11.9 Å². The molecule has 0 radical (unpaired) electrons. The fourth-order valence-electron chi connectivity index (χ4n) is 1.38. The van der Waals surface area contributed by atoms with Gasteiger partial charge < -0.3 is 21.5 Å². The van der Waals surface area contributed by atoms with Gasteiger partial charge >= 0.3 is 5.97 Å². The molecule has 0 aliphatic heterocycles. The normalized spacial score (nSPS) is 10.1. The van der Waals surface area contributed by atoms with Crippen LogP contribution in [0.2, 0.25) is 0 Å². The molecule has 0 aromatic heterocycles. The summed E-state index contributed by atoms with van der Waals surface area (Å²) in [5.74, 6) is -0.963. The first-order valence-corrected chi connectivity index (χ1v) is 5.56. The van der Waals surface area contributed by atoms with Crippen molar-refractivity contribution in [3.05, 3.63) is 29.3 Å². The molecule has 0 heterocycles. The zero-order valence-corrected chi connectivity index (χ0v) is 11.1. The number of nitrogens with two attached hydrogens (primary N) is 2. The molecular formula is C12H15N5O3. The predicted octanol–water partition coefficient (Wildman–Crippen LogP) is 0.0389. The number of hydrogen-bond donors (Lipinski definition) is 3. The van der Waals surface area contributed by atoms with E-state index < -0.39 is 5.97 Å². The van der Waals surface area contributed by atoms with Crippen molar-refractivity contribution in [1.82, 2.24) is 0 Å². The van der Waals surface area contributed by atoms with E-state index in [-0.39, 0.29) is 11.9 Å². The summed E-state index contributed by atoms with van der Waals surface area (Å²) in [4.78, 5) is 22.6. The lowest BCUT2D eigenvalue weighted by Crippen LogP contribution is -2.21.